The molecule has 21 heavy (non-hydrogen) atoms. The number of aryl methyl sites for hydroxylation is 1. The Morgan fingerprint density at radius 2 is 2.14 bits per heavy atom. The highest BCUT2D eigenvalue weighted by Gasteiger charge is 2.18. The molecule has 6 heteroatoms. The molecular formula is C15H14ClNO3S. The predicted molar refractivity (Wildman–Crippen MR) is 84.2 cm³/mol. The van der Waals surface area contributed by atoms with Gasteiger partial charge in [0.2, 0.25) is 5.91 Å². The van der Waals surface area contributed by atoms with Crippen molar-refractivity contribution in [3.63, 3.8) is 0 Å². The van der Waals surface area contributed by atoms with Gasteiger partial charge in [0.25, 0.3) is 0 Å². The van der Waals surface area contributed by atoms with E-state index in [2.05, 4.69) is 5.32 Å². The SMILES string of the molecule is COC(=O)c1scc(C)c1NC(=O)Cc1cccc(Cl)c1. The normalized spacial score (nSPS) is 10.2. The number of rotatable bonds is 4. The van der Waals surface area contributed by atoms with E-state index in [0.717, 1.165) is 11.1 Å². The molecule has 0 saturated heterocycles. The van der Waals surface area contributed by atoms with Crippen LogP contribution in [0.3, 0.4) is 0 Å². The number of halogens is 1. The number of hydrogen-bond donors (Lipinski definition) is 1. The van der Waals surface area contributed by atoms with E-state index < -0.39 is 5.97 Å². The van der Waals surface area contributed by atoms with Gasteiger partial charge in [-0.25, -0.2) is 4.79 Å². The second kappa shape index (κ2) is 6.74. The second-order valence-electron chi connectivity index (χ2n) is 4.47. The highest BCUT2D eigenvalue weighted by Crippen LogP contribution is 2.28. The summed E-state index contributed by atoms with van der Waals surface area (Å²) in [5.74, 6) is -0.657. The van der Waals surface area contributed by atoms with Crippen molar-refractivity contribution < 1.29 is 14.3 Å². The van der Waals surface area contributed by atoms with Crippen LogP contribution >= 0.6 is 22.9 Å². The minimum absolute atomic E-state index is 0.191. The van der Waals surface area contributed by atoms with Crippen LogP contribution in [0.1, 0.15) is 20.8 Å². The standard InChI is InChI=1S/C15H14ClNO3S/c1-9-8-21-14(15(19)20-2)13(9)17-12(18)7-10-4-3-5-11(16)6-10/h3-6,8H,7H2,1-2H3,(H,17,18). The van der Waals surface area contributed by atoms with Crippen LogP contribution in [0.15, 0.2) is 29.6 Å². The van der Waals surface area contributed by atoms with Crippen LogP contribution in [0.4, 0.5) is 5.69 Å². The first-order valence-corrected chi connectivity index (χ1v) is 7.47. The summed E-state index contributed by atoms with van der Waals surface area (Å²) in [6.07, 6.45) is 0.191. The Bertz CT molecular complexity index is 681. The van der Waals surface area contributed by atoms with Gasteiger partial charge in [0, 0.05) is 5.02 Å². The molecule has 0 bridgehead atoms. The maximum Gasteiger partial charge on any atom is 0.350 e. The Labute approximate surface area is 131 Å². The largest absolute Gasteiger partial charge is 0.465 e. The van der Waals surface area contributed by atoms with Crippen molar-refractivity contribution >= 4 is 40.5 Å². The molecule has 0 aliphatic rings. The summed E-state index contributed by atoms with van der Waals surface area (Å²) in [7, 11) is 1.31. The second-order valence-corrected chi connectivity index (χ2v) is 5.79. The fraction of sp³-hybridized carbons (Fsp3) is 0.200. The number of hydrogen-bond acceptors (Lipinski definition) is 4. The number of esters is 1. The molecule has 0 aliphatic carbocycles. The fourth-order valence-corrected chi connectivity index (χ4v) is 2.99. The fourth-order valence-electron chi connectivity index (χ4n) is 1.86. The van der Waals surface area contributed by atoms with Gasteiger partial charge in [0.15, 0.2) is 0 Å². The highest BCUT2D eigenvalue weighted by molar-refractivity contribution is 7.12. The van der Waals surface area contributed by atoms with E-state index in [9.17, 15) is 9.59 Å². The molecule has 1 aromatic heterocycles. The minimum Gasteiger partial charge on any atom is -0.465 e. The third-order valence-corrected chi connectivity index (χ3v) is 4.18. The Balaban J connectivity index is 2.13. The van der Waals surface area contributed by atoms with Gasteiger partial charge in [-0.3, -0.25) is 4.79 Å². The molecule has 0 atom stereocenters. The van der Waals surface area contributed by atoms with Crippen molar-refractivity contribution in [2.45, 2.75) is 13.3 Å². The first-order valence-electron chi connectivity index (χ1n) is 6.22. The lowest BCUT2D eigenvalue weighted by Gasteiger charge is -2.07. The van der Waals surface area contributed by atoms with E-state index in [4.69, 9.17) is 16.3 Å². The molecule has 1 heterocycles. The molecule has 0 aliphatic heterocycles. The van der Waals surface area contributed by atoms with E-state index >= 15 is 0 Å². The first-order chi connectivity index (χ1) is 10.0. The van der Waals surface area contributed by atoms with E-state index in [0.29, 0.717) is 15.6 Å². The number of benzene rings is 1. The van der Waals surface area contributed by atoms with Crippen LogP contribution in [-0.2, 0) is 16.0 Å². The van der Waals surface area contributed by atoms with Crippen molar-refractivity contribution in [1.82, 2.24) is 0 Å². The molecule has 1 aromatic carbocycles. The molecule has 1 N–H and O–H groups in total. The van der Waals surface area contributed by atoms with Crippen LogP contribution in [0, 0.1) is 6.92 Å². The van der Waals surface area contributed by atoms with Gasteiger partial charge >= 0.3 is 5.97 Å². The molecule has 110 valence electrons. The van der Waals surface area contributed by atoms with Crippen LogP contribution in [-0.4, -0.2) is 19.0 Å². The van der Waals surface area contributed by atoms with E-state index in [-0.39, 0.29) is 12.3 Å². The molecular weight excluding hydrogens is 310 g/mol. The average molecular weight is 324 g/mol. The molecule has 0 radical (unpaired) electrons. The highest BCUT2D eigenvalue weighted by atomic mass is 35.5. The summed E-state index contributed by atoms with van der Waals surface area (Å²) in [6.45, 7) is 1.83. The average Bonchev–Trinajstić information content (AvgIpc) is 2.79. The van der Waals surface area contributed by atoms with Crippen LogP contribution in [0.25, 0.3) is 0 Å². The number of ether oxygens (including phenoxy) is 1. The summed E-state index contributed by atoms with van der Waals surface area (Å²) in [6, 6.07) is 7.11. The molecule has 4 nitrogen and oxygen atoms in total. The van der Waals surface area contributed by atoms with Crippen LogP contribution < -0.4 is 5.32 Å². The van der Waals surface area contributed by atoms with Crippen LogP contribution in [0.5, 0.6) is 0 Å². The number of methoxy groups -OCH3 is 1. The zero-order chi connectivity index (χ0) is 15.4. The third kappa shape index (κ3) is 3.83. The molecule has 0 spiro atoms. The molecule has 2 rings (SSSR count). The monoisotopic (exact) mass is 323 g/mol. The lowest BCUT2D eigenvalue weighted by Crippen LogP contribution is -2.16. The summed E-state index contributed by atoms with van der Waals surface area (Å²) < 4.78 is 4.71. The number of anilines is 1. The van der Waals surface area contributed by atoms with Gasteiger partial charge in [-0.2, -0.15) is 0 Å². The number of nitrogens with one attached hydrogen (secondary N) is 1. The molecule has 0 unspecified atom stereocenters. The zero-order valence-corrected chi connectivity index (χ0v) is 13.2. The van der Waals surface area contributed by atoms with Crippen molar-refractivity contribution in [1.29, 1.82) is 0 Å². The predicted octanol–water partition coefficient (Wildman–Crippen LogP) is 3.68. The van der Waals surface area contributed by atoms with E-state index in [1.165, 1.54) is 18.4 Å². The summed E-state index contributed by atoms with van der Waals surface area (Å²) in [5, 5.41) is 5.16. The Morgan fingerprint density at radius 3 is 2.81 bits per heavy atom. The Morgan fingerprint density at radius 1 is 1.38 bits per heavy atom. The molecule has 2 aromatic rings. The molecule has 1 amide bonds. The van der Waals surface area contributed by atoms with Crippen molar-refractivity contribution in [2.24, 2.45) is 0 Å². The summed E-state index contributed by atoms with van der Waals surface area (Å²) >= 11 is 7.14. The number of carbonyl (C=O) groups excluding carboxylic acids is 2. The van der Waals surface area contributed by atoms with Gasteiger partial charge < -0.3 is 10.1 Å². The van der Waals surface area contributed by atoms with Gasteiger partial charge in [0.05, 0.1) is 19.2 Å². The molecule has 0 fully saturated rings. The summed E-state index contributed by atoms with van der Waals surface area (Å²) in [5.41, 5.74) is 2.16. The van der Waals surface area contributed by atoms with Crippen molar-refractivity contribution in [2.75, 3.05) is 12.4 Å². The Hall–Kier alpha value is -1.85. The molecule has 0 saturated carbocycles. The van der Waals surface area contributed by atoms with E-state index in [1.807, 2.05) is 13.0 Å². The number of carbonyl (C=O) groups is 2. The first kappa shape index (κ1) is 15.5. The topological polar surface area (TPSA) is 55.4 Å². The third-order valence-electron chi connectivity index (χ3n) is 2.86. The van der Waals surface area contributed by atoms with Crippen molar-refractivity contribution in [3.8, 4) is 0 Å². The van der Waals surface area contributed by atoms with Gasteiger partial charge in [0.1, 0.15) is 4.88 Å². The van der Waals surface area contributed by atoms with Gasteiger partial charge in [-0.05, 0) is 35.6 Å². The number of amides is 1. The Kier molecular flexibility index (Phi) is 4.98. The lowest BCUT2D eigenvalue weighted by molar-refractivity contribution is -0.115. The maximum absolute atomic E-state index is 12.1. The lowest BCUT2D eigenvalue weighted by atomic mass is 10.1. The van der Waals surface area contributed by atoms with Gasteiger partial charge in [-0.15, -0.1) is 11.3 Å². The summed E-state index contributed by atoms with van der Waals surface area (Å²) in [4.78, 5) is 24.2. The van der Waals surface area contributed by atoms with Gasteiger partial charge in [-0.1, -0.05) is 23.7 Å². The zero-order valence-electron chi connectivity index (χ0n) is 11.6. The number of thiophene rings is 1. The minimum atomic E-state index is -0.453. The smallest absolute Gasteiger partial charge is 0.350 e. The quantitative estimate of drug-likeness (QED) is 0.873. The van der Waals surface area contributed by atoms with Crippen molar-refractivity contribution in [3.05, 3.63) is 50.7 Å². The maximum atomic E-state index is 12.1. The van der Waals surface area contributed by atoms with Crippen LogP contribution in [0.2, 0.25) is 5.02 Å². The van der Waals surface area contributed by atoms with E-state index in [1.54, 1.807) is 23.6 Å².